The van der Waals surface area contributed by atoms with Crippen LogP contribution in [0, 0.1) is 5.92 Å². The van der Waals surface area contributed by atoms with Crippen molar-refractivity contribution < 1.29 is 14.6 Å². The third-order valence-electron chi connectivity index (χ3n) is 4.36. The summed E-state index contributed by atoms with van der Waals surface area (Å²) >= 11 is 0. The molecule has 1 aromatic rings. The van der Waals surface area contributed by atoms with E-state index in [0.717, 1.165) is 25.1 Å². The van der Waals surface area contributed by atoms with Crippen molar-refractivity contribution in [2.75, 3.05) is 19.6 Å². The molecule has 1 amide bonds. The number of cyclic esters (lactones) is 1. The first-order chi connectivity index (χ1) is 9.58. The maximum absolute atomic E-state index is 12.1. The molecule has 20 heavy (non-hydrogen) atoms. The Morgan fingerprint density at radius 1 is 1.50 bits per heavy atom. The number of phenols is 1. The normalized spacial score (nSPS) is 29.8. The lowest BCUT2D eigenvalue weighted by Gasteiger charge is -2.28. The molecule has 2 unspecified atom stereocenters. The number of phenolic OH excluding ortho intramolecular Hbond substituents is 1. The van der Waals surface area contributed by atoms with Gasteiger partial charge in [-0.15, -0.1) is 0 Å². The Morgan fingerprint density at radius 2 is 2.30 bits per heavy atom. The van der Waals surface area contributed by atoms with Crippen molar-refractivity contribution in [1.82, 2.24) is 10.2 Å². The number of aromatic hydroxyl groups is 1. The van der Waals surface area contributed by atoms with Gasteiger partial charge in [-0.3, -0.25) is 4.90 Å². The van der Waals surface area contributed by atoms with E-state index in [4.69, 9.17) is 4.74 Å². The van der Waals surface area contributed by atoms with Crippen LogP contribution in [0.2, 0.25) is 0 Å². The summed E-state index contributed by atoms with van der Waals surface area (Å²) < 4.78 is 5.62. The fourth-order valence-electron chi connectivity index (χ4n) is 3.10. The maximum atomic E-state index is 12.1. The van der Waals surface area contributed by atoms with Crippen molar-refractivity contribution in [1.29, 1.82) is 0 Å². The SMILES string of the molecule is CC1(C2CCNC2)CN(Cc2ccccc2O)C(=O)O1. The van der Waals surface area contributed by atoms with Gasteiger partial charge < -0.3 is 15.2 Å². The fraction of sp³-hybridized carbons (Fsp3) is 0.533. The Morgan fingerprint density at radius 3 is 3.00 bits per heavy atom. The highest BCUT2D eigenvalue weighted by atomic mass is 16.6. The number of ether oxygens (including phenoxy) is 1. The van der Waals surface area contributed by atoms with Gasteiger partial charge in [-0.2, -0.15) is 0 Å². The number of nitrogens with one attached hydrogen (secondary N) is 1. The standard InChI is InChI=1S/C15H20N2O3/c1-15(12-6-7-16-8-12)10-17(14(19)20-15)9-11-4-2-3-5-13(11)18/h2-5,12,16,18H,6-10H2,1H3. The van der Waals surface area contributed by atoms with Gasteiger partial charge in [0.15, 0.2) is 0 Å². The molecule has 0 aromatic heterocycles. The number of carbonyl (C=O) groups excluding carboxylic acids is 1. The van der Waals surface area contributed by atoms with Gasteiger partial charge in [0, 0.05) is 18.0 Å². The number of para-hydroxylation sites is 1. The minimum atomic E-state index is -0.426. The van der Waals surface area contributed by atoms with Crippen LogP contribution in [0.5, 0.6) is 5.75 Å². The molecule has 2 fully saturated rings. The molecule has 0 bridgehead atoms. The Kier molecular flexibility index (Phi) is 3.30. The highest BCUT2D eigenvalue weighted by Gasteiger charge is 2.47. The largest absolute Gasteiger partial charge is 0.508 e. The molecule has 2 aliphatic rings. The first-order valence-electron chi connectivity index (χ1n) is 7.04. The molecule has 0 radical (unpaired) electrons. The summed E-state index contributed by atoms with van der Waals surface area (Å²) in [7, 11) is 0. The lowest BCUT2D eigenvalue weighted by atomic mass is 9.88. The minimum absolute atomic E-state index is 0.219. The number of carbonyl (C=O) groups is 1. The molecule has 108 valence electrons. The van der Waals surface area contributed by atoms with Crippen LogP contribution < -0.4 is 5.32 Å². The predicted octanol–water partition coefficient (Wildman–Crippen LogP) is 1.71. The van der Waals surface area contributed by atoms with E-state index in [1.165, 1.54) is 0 Å². The number of rotatable bonds is 3. The number of benzene rings is 1. The monoisotopic (exact) mass is 276 g/mol. The summed E-state index contributed by atoms with van der Waals surface area (Å²) in [5, 5.41) is 13.1. The lowest BCUT2D eigenvalue weighted by Crippen LogP contribution is -2.40. The van der Waals surface area contributed by atoms with Crippen LogP contribution >= 0.6 is 0 Å². The second-order valence-corrected chi connectivity index (χ2v) is 5.86. The summed E-state index contributed by atoms with van der Waals surface area (Å²) in [6.45, 7) is 4.85. The smallest absolute Gasteiger partial charge is 0.410 e. The Balaban J connectivity index is 1.72. The van der Waals surface area contributed by atoms with Crippen molar-refractivity contribution in [3.05, 3.63) is 29.8 Å². The van der Waals surface area contributed by atoms with Gasteiger partial charge in [-0.25, -0.2) is 4.79 Å². The summed E-state index contributed by atoms with van der Waals surface area (Å²) in [5.74, 6) is 0.581. The molecule has 2 saturated heterocycles. The van der Waals surface area contributed by atoms with Crippen LogP contribution in [0.15, 0.2) is 24.3 Å². The summed E-state index contributed by atoms with van der Waals surface area (Å²) in [6.07, 6.45) is 0.747. The molecule has 2 heterocycles. The summed E-state index contributed by atoms with van der Waals surface area (Å²) in [4.78, 5) is 13.7. The predicted molar refractivity (Wildman–Crippen MR) is 74.4 cm³/mol. The number of amides is 1. The van der Waals surface area contributed by atoms with Gasteiger partial charge in [0.1, 0.15) is 11.4 Å². The van der Waals surface area contributed by atoms with Crippen LogP contribution in [0.4, 0.5) is 4.79 Å². The van der Waals surface area contributed by atoms with Crippen molar-refractivity contribution in [3.8, 4) is 5.75 Å². The van der Waals surface area contributed by atoms with Crippen LogP contribution in [0.3, 0.4) is 0 Å². The summed E-state index contributed by atoms with van der Waals surface area (Å²) in [5.41, 5.74) is 0.323. The van der Waals surface area contributed by atoms with E-state index in [1.807, 2.05) is 19.1 Å². The quantitative estimate of drug-likeness (QED) is 0.882. The van der Waals surface area contributed by atoms with Crippen molar-refractivity contribution in [3.63, 3.8) is 0 Å². The third kappa shape index (κ3) is 2.33. The third-order valence-corrected chi connectivity index (χ3v) is 4.36. The van der Waals surface area contributed by atoms with Gasteiger partial charge in [-0.1, -0.05) is 18.2 Å². The molecular formula is C15H20N2O3. The van der Waals surface area contributed by atoms with Crippen molar-refractivity contribution in [2.45, 2.75) is 25.5 Å². The van der Waals surface area contributed by atoms with E-state index >= 15 is 0 Å². The molecule has 2 atom stereocenters. The zero-order chi connectivity index (χ0) is 14.2. The molecule has 0 saturated carbocycles. The van der Waals surface area contributed by atoms with Crippen molar-refractivity contribution in [2.24, 2.45) is 5.92 Å². The van der Waals surface area contributed by atoms with Crippen LogP contribution in [-0.2, 0) is 11.3 Å². The Hall–Kier alpha value is -1.75. The number of nitrogens with zero attached hydrogens (tertiary/aromatic N) is 1. The molecule has 5 heteroatoms. The van der Waals surface area contributed by atoms with Crippen LogP contribution in [-0.4, -0.2) is 41.3 Å². The molecule has 1 aromatic carbocycles. The average molecular weight is 276 g/mol. The minimum Gasteiger partial charge on any atom is -0.508 e. The average Bonchev–Trinajstić information content (AvgIpc) is 3.02. The van der Waals surface area contributed by atoms with E-state index in [1.54, 1.807) is 17.0 Å². The topological polar surface area (TPSA) is 61.8 Å². The second-order valence-electron chi connectivity index (χ2n) is 5.86. The first kappa shape index (κ1) is 13.2. The van der Waals surface area contributed by atoms with Crippen LogP contribution in [0.1, 0.15) is 18.9 Å². The van der Waals surface area contributed by atoms with Crippen molar-refractivity contribution >= 4 is 6.09 Å². The van der Waals surface area contributed by atoms with Gasteiger partial charge in [0.05, 0.1) is 13.1 Å². The zero-order valence-electron chi connectivity index (χ0n) is 11.6. The molecule has 5 nitrogen and oxygen atoms in total. The highest BCUT2D eigenvalue weighted by Crippen LogP contribution is 2.34. The molecule has 0 spiro atoms. The number of hydrogen-bond acceptors (Lipinski definition) is 4. The van der Waals surface area contributed by atoms with E-state index in [0.29, 0.717) is 19.0 Å². The van der Waals surface area contributed by atoms with Gasteiger partial charge >= 0.3 is 6.09 Å². The maximum Gasteiger partial charge on any atom is 0.410 e. The molecule has 2 aliphatic heterocycles. The Bertz CT molecular complexity index is 514. The zero-order valence-corrected chi connectivity index (χ0v) is 11.6. The summed E-state index contributed by atoms with van der Waals surface area (Å²) in [6, 6.07) is 7.10. The van der Waals surface area contributed by atoms with E-state index < -0.39 is 5.60 Å². The molecule has 2 N–H and O–H groups in total. The molecular weight excluding hydrogens is 256 g/mol. The van der Waals surface area contributed by atoms with Gasteiger partial charge in [-0.05, 0) is 26.0 Å². The number of hydrogen-bond donors (Lipinski definition) is 2. The first-order valence-corrected chi connectivity index (χ1v) is 7.04. The Labute approximate surface area is 118 Å². The molecule has 3 rings (SSSR count). The fourth-order valence-corrected chi connectivity index (χ4v) is 3.10. The van der Waals surface area contributed by atoms with Gasteiger partial charge in [0.25, 0.3) is 0 Å². The van der Waals surface area contributed by atoms with Gasteiger partial charge in [0.2, 0.25) is 0 Å². The van der Waals surface area contributed by atoms with E-state index in [-0.39, 0.29) is 11.8 Å². The van der Waals surface area contributed by atoms with Crippen LogP contribution in [0.25, 0.3) is 0 Å². The highest BCUT2D eigenvalue weighted by molar-refractivity contribution is 5.71. The lowest BCUT2D eigenvalue weighted by molar-refractivity contribution is 0.0287. The van der Waals surface area contributed by atoms with E-state index in [2.05, 4.69) is 5.32 Å². The van der Waals surface area contributed by atoms with E-state index in [9.17, 15) is 9.90 Å². The second kappa shape index (κ2) is 4.98. The molecule has 0 aliphatic carbocycles.